The molecule has 2 aliphatic carbocycles. The van der Waals surface area contributed by atoms with E-state index in [9.17, 15) is 9.18 Å². The molecule has 1 saturated carbocycles. The lowest BCUT2D eigenvalue weighted by atomic mass is 9.77. The molecule has 0 bridgehead atoms. The van der Waals surface area contributed by atoms with Crippen LogP contribution in [0.3, 0.4) is 0 Å². The van der Waals surface area contributed by atoms with Gasteiger partial charge in [0, 0.05) is 18.8 Å². The molecule has 0 aromatic heterocycles. The summed E-state index contributed by atoms with van der Waals surface area (Å²) in [5.74, 6) is 1.04. The Hall–Kier alpha value is -1.44. The van der Waals surface area contributed by atoms with Crippen LogP contribution in [0.4, 0.5) is 4.39 Å². The first-order valence-electron chi connectivity index (χ1n) is 6.23. The standard InChI is InChI=1S/C15H15FO/c16-12-5-1-11-4-8-14(15(11)9-12)10-2-6-13(17)7-3-10/h1,4-5,8-10,14H,2-3,6-7H2. The lowest BCUT2D eigenvalue weighted by molar-refractivity contribution is -0.121. The molecule has 0 heterocycles. The molecule has 1 nitrogen and oxygen atoms in total. The number of rotatable bonds is 1. The first kappa shape index (κ1) is 10.7. The Labute approximate surface area is 100 Å². The van der Waals surface area contributed by atoms with Crippen molar-refractivity contribution in [3.63, 3.8) is 0 Å². The summed E-state index contributed by atoms with van der Waals surface area (Å²) in [6.45, 7) is 0. The first-order chi connectivity index (χ1) is 8.24. The van der Waals surface area contributed by atoms with Crippen molar-refractivity contribution in [3.8, 4) is 0 Å². The third-order valence-corrected chi connectivity index (χ3v) is 3.99. The fourth-order valence-electron chi connectivity index (χ4n) is 3.03. The molecular weight excluding hydrogens is 215 g/mol. The van der Waals surface area contributed by atoms with Crippen LogP contribution in [-0.2, 0) is 4.79 Å². The summed E-state index contributed by atoms with van der Waals surface area (Å²) in [5, 5.41) is 0. The van der Waals surface area contributed by atoms with E-state index in [4.69, 9.17) is 0 Å². The molecule has 17 heavy (non-hydrogen) atoms. The average Bonchev–Trinajstić information content (AvgIpc) is 2.73. The predicted octanol–water partition coefficient (Wildman–Crippen LogP) is 3.70. The Kier molecular flexibility index (Phi) is 2.58. The minimum atomic E-state index is -0.163. The van der Waals surface area contributed by atoms with E-state index in [1.165, 1.54) is 6.07 Å². The summed E-state index contributed by atoms with van der Waals surface area (Å²) in [6, 6.07) is 5.00. The molecule has 1 atom stereocenters. The van der Waals surface area contributed by atoms with Gasteiger partial charge in [0.05, 0.1) is 0 Å². The Bertz CT molecular complexity index is 480. The van der Waals surface area contributed by atoms with E-state index in [-0.39, 0.29) is 5.82 Å². The Morgan fingerprint density at radius 2 is 1.94 bits per heavy atom. The maximum atomic E-state index is 13.3. The molecule has 3 rings (SSSR count). The fourth-order valence-corrected chi connectivity index (χ4v) is 3.03. The van der Waals surface area contributed by atoms with Crippen LogP contribution in [0, 0.1) is 11.7 Å². The molecule has 1 fully saturated rings. The number of halogens is 1. The summed E-state index contributed by atoms with van der Waals surface area (Å²) in [7, 11) is 0. The molecule has 1 aromatic rings. The van der Waals surface area contributed by atoms with Crippen molar-refractivity contribution in [1.29, 1.82) is 0 Å². The van der Waals surface area contributed by atoms with Crippen LogP contribution in [0.1, 0.15) is 42.7 Å². The van der Waals surface area contributed by atoms with Gasteiger partial charge in [-0.05, 0) is 42.0 Å². The number of hydrogen-bond donors (Lipinski definition) is 0. The summed E-state index contributed by atoms with van der Waals surface area (Å²) < 4.78 is 13.3. The second-order valence-electron chi connectivity index (χ2n) is 5.03. The Balaban J connectivity index is 1.85. The fraction of sp³-hybridized carbons (Fsp3) is 0.400. The van der Waals surface area contributed by atoms with Crippen molar-refractivity contribution in [3.05, 3.63) is 41.2 Å². The topological polar surface area (TPSA) is 17.1 Å². The van der Waals surface area contributed by atoms with Crippen molar-refractivity contribution >= 4 is 11.9 Å². The van der Waals surface area contributed by atoms with Gasteiger partial charge in [-0.1, -0.05) is 18.2 Å². The summed E-state index contributed by atoms with van der Waals surface area (Å²) >= 11 is 0. The van der Waals surface area contributed by atoms with E-state index in [0.29, 0.717) is 30.5 Å². The lowest BCUT2D eigenvalue weighted by Crippen LogP contribution is -2.18. The van der Waals surface area contributed by atoms with Gasteiger partial charge in [-0.25, -0.2) is 4.39 Å². The van der Waals surface area contributed by atoms with Gasteiger partial charge in [-0.3, -0.25) is 4.79 Å². The van der Waals surface area contributed by atoms with Crippen molar-refractivity contribution in [2.24, 2.45) is 5.92 Å². The molecule has 1 aromatic carbocycles. The SMILES string of the molecule is O=C1CCC(C2C=Cc3ccc(F)cc32)CC1. The van der Waals surface area contributed by atoms with Crippen LogP contribution in [0.15, 0.2) is 24.3 Å². The second-order valence-corrected chi connectivity index (χ2v) is 5.03. The van der Waals surface area contributed by atoms with Crippen LogP contribution >= 0.6 is 0 Å². The predicted molar refractivity (Wildman–Crippen MR) is 65.1 cm³/mol. The van der Waals surface area contributed by atoms with Crippen molar-refractivity contribution in [2.75, 3.05) is 0 Å². The second kappa shape index (κ2) is 4.10. The van der Waals surface area contributed by atoms with Gasteiger partial charge in [0.1, 0.15) is 11.6 Å². The summed E-state index contributed by atoms with van der Waals surface area (Å²) in [4.78, 5) is 11.2. The number of carbonyl (C=O) groups is 1. The maximum absolute atomic E-state index is 13.3. The molecular formula is C15H15FO. The molecule has 0 radical (unpaired) electrons. The highest BCUT2D eigenvalue weighted by Gasteiger charge is 2.29. The average molecular weight is 230 g/mol. The van der Waals surface area contributed by atoms with Crippen LogP contribution in [-0.4, -0.2) is 5.78 Å². The monoisotopic (exact) mass is 230 g/mol. The molecule has 0 amide bonds. The minimum absolute atomic E-state index is 0.163. The van der Waals surface area contributed by atoms with E-state index in [1.54, 1.807) is 6.07 Å². The van der Waals surface area contributed by atoms with Crippen LogP contribution < -0.4 is 0 Å². The largest absolute Gasteiger partial charge is 0.300 e. The third kappa shape index (κ3) is 1.92. The number of carbonyl (C=O) groups excluding carboxylic acids is 1. The lowest BCUT2D eigenvalue weighted by Gasteiger charge is -2.26. The highest BCUT2D eigenvalue weighted by molar-refractivity contribution is 5.79. The van der Waals surface area contributed by atoms with Crippen LogP contribution in [0.25, 0.3) is 6.08 Å². The molecule has 88 valence electrons. The van der Waals surface area contributed by atoms with Gasteiger partial charge < -0.3 is 0 Å². The number of allylic oxidation sites excluding steroid dienone is 1. The highest BCUT2D eigenvalue weighted by atomic mass is 19.1. The molecule has 2 aliphatic rings. The van der Waals surface area contributed by atoms with Crippen LogP contribution in [0.2, 0.25) is 0 Å². The number of ketones is 1. The number of hydrogen-bond acceptors (Lipinski definition) is 1. The van der Waals surface area contributed by atoms with E-state index in [0.717, 1.165) is 24.0 Å². The highest BCUT2D eigenvalue weighted by Crippen LogP contribution is 2.41. The van der Waals surface area contributed by atoms with Crippen molar-refractivity contribution in [2.45, 2.75) is 31.6 Å². The molecule has 0 aliphatic heterocycles. The van der Waals surface area contributed by atoms with E-state index >= 15 is 0 Å². The molecule has 2 heteroatoms. The van der Waals surface area contributed by atoms with Gasteiger partial charge >= 0.3 is 0 Å². The summed E-state index contributed by atoms with van der Waals surface area (Å²) in [6.07, 6.45) is 7.54. The number of fused-ring (bicyclic) bond motifs is 1. The zero-order valence-corrected chi connectivity index (χ0v) is 9.66. The first-order valence-corrected chi connectivity index (χ1v) is 6.23. The zero-order chi connectivity index (χ0) is 11.8. The normalized spacial score (nSPS) is 24.1. The number of benzene rings is 1. The third-order valence-electron chi connectivity index (χ3n) is 3.99. The van der Waals surface area contributed by atoms with E-state index in [2.05, 4.69) is 12.2 Å². The minimum Gasteiger partial charge on any atom is -0.300 e. The van der Waals surface area contributed by atoms with Gasteiger partial charge in [0.25, 0.3) is 0 Å². The van der Waals surface area contributed by atoms with Gasteiger partial charge in [0.2, 0.25) is 0 Å². The van der Waals surface area contributed by atoms with Crippen LogP contribution in [0.5, 0.6) is 0 Å². The molecule has 0 N–H and O–H groups in total. The Morgan fingerprint density at radius 1 is 1.18 bits per heavy atom. The molecule has 0 saturated heterocycles. The van der Waals surface area contributed by atoms with Crippen molar-refractivity contribution in [1.82, 2.24) is 0 Å². The van der Waals surface area contributed by atoms with Crippen molar-refractivity contribution < 1.29 is 9.18 Å². The Morgan fingerprint density at radius 3 is 2.71 bits per heavy atom. The van der Waals surface area contributed by atoms with E-state index < -0.39 is 0 Å². The van der Waals surface area contributed by atoms with Gasteiger partial charge in [-0.2, -0.15) is 0 Å². The summed E-state index contributed by atoms with van der Waals surface area (Å²) in [5.41, 5.74) is 2.23. The van der Waals surface area contributed by atoms with E-state index in [1.807, 2.05) is 6.07 Å². The zero-order valence-electron chi connectivity index (χ0n) is 9.66. The smallest absolute Gasteiger partial charge is 0.132 e. The maximum Gasteiger partial charge on any atom is 0.132 e. The van der Waals surface area contributed by atoms with Gasteiger partial charge in [-0.15, -0.1) is 0 Å². The quantitative estimate of drug-likeness (QED) is 0.719. The molecule has 1 unspecified atom stereocenters. The molecule has 0 spiro atoms. The number of Topliss-reactive ketones (excluding diaryl/α,β-unsaturated/α-hetero) is 1. The van der Waals surface area contributed by atoms with Gasteiger partial charge in [0.15, 0.2) is 0 Å².